The van der Waals surface area contributed by atoms with E-state index in [0.717, 1.165) is 53.0 Å². The quantitative estimate of drug-likeness (QED) is 0.208. The molecule has 2 aliphatic rings. The van der Waals surface area contributed by atoms with Gasteiger partial charge >= 0.3 is 0 Å². The number of sulfonamides is 1. The van der Waals surface area contributed by atoms with Gasteiger partial charge in [-0.25, -0.2) is 13.4 Å². The van der Waals surface area contributed by atoms with E-state index in [0.29, 0.717) is 10.7 Å². The molecule has 8 nitrogen and oxygen atoms in total. The lowest BCUT2D eigenvalue weighted by atomic mass is 9.77. The van der Waals surface area contributed by atoms with E-state index < -0.39 is 10.0 Å². The number of rotatable bonds is 8. The zero-order valence-electron chi connectivity index (χ0n) is 26.9. The Balaban J connectivity index is 1.37. The van der Waals surface area contributed by atoms with Crippen LogP contribution < -0.4 is 14.5 Å². The number of carbonyl (C=O) groups excluding carboxylic acids is 1. The Hall–Kier alpha value is -4.60. The molecule has 10 heteroatoms. The largest absolute Gasteiger partial charge is 0.378 e. The van der Waals surface area contributed by atoms with Crippen LogP contribution in [-0.2, 0) is 10.0 Å². The van der Waals surface area contributed by atoms with Crippen molar-refractivity contribution in [3.05, 3.63) is 124 Å². The molecule has 4 aromatic rings. The number of hydrogen-bond acceptors (Lipinski definition) is 6. The van der Waals surface area contributed by atoms with Crippen LogP contribution in [0.2, 0.25) is 5.02 Å². The second-order valence-corrected chi connectivity index (χ2v) is 14.5. The number of nitrogens with one attached hydrogen (secondary N) is 1. The van der Waals surface area contributed by atoms with E-state index in [1.54, 1.807) is 41.4 Å². The zero-order valence-corrected chi connectivity index (χ0v) is 28.5. The van der Waals surface area contributed by atoms with E-state index in [1.807, 2.05) is 33.1 Å². The summed E-state index contributed by atoms with van der Waals surface area (Å²) in [5, 5.41) is 7.10. The Morgan fingerprint density at radius 3 is 2.17 bits per heavy atom. The smallest absolute Gasteiger partial charge is 0.274 e. The van der Waals surface area contributed by atoms with E-state index in [2.05, 4.69) is 64.2 Å². The normalized spacial score (nSPS) is 18.4. The van der Waals surface area contributed by atoms with Crippen molar-refractivity contribution < 1.29 is 13.2 Å². The Morgan fingerprint density at radius 2 is 1.53 bits per heavy atom. The van der Waals surface area contributed by atoms with Gasteiger partial charge in [-0.05, 0) is 109 Å². The number of hydrogen-bond donors (Lipinski definition) is 1. The van der Waals surface area contributed by atoms with Crippen molar-refractivity contribution in [1.82, 2.24) is 5.01 Å². The molecule has 0 aromatic heterocycles. The molecule has 0 spiro atoms. The average Bonchev–Trinajstić information content (AvgIpc) is 3.46. The predicted molar refractivity (Wildman–Crippen MR) is 192 cm³/mol. The molecule has 4 aromatic carbocycles. The monoisotopic (exact) mass is 667 g/mol. The van der Waals surface area contributed by atoms with Crippen LogP contribution >= 0.6 is 11.6 Å². The first-order chi connectivity index (χ1) is 22.5. The second-order valence-electron chi connectivity index (χ2n) is 12.4. The standard InChI is InChI=1S/C37H38ClN5O3S/c1-41(2)31-19-11-25(12-20-31)23-27-7-6-10-34-35(27)39-43(36(34)26-13-21-32(22-14-26)42(3)4)37(44)28-8-5-9-33(24-28)47(45,46)40-30-17-15-29(38)16-18-30/h5,8-9,11-24,34,36,40H,6-7,10H2,1-4H3/b27-23+/t34-,36-/m1/s1. The molecule has 1 aliphatic heterocycles. The van der Waals surface area contributed by atoms with Crippen LogP contribution in [0.25, 0.3) is 6.08 Å². The lowest BCUT2D eigenvalue weighted by molar-refractivity contribution is 0.0680. The average molecular weight is 668 g/mol. The van der Waals surface area contributed by atoms with Gasteiger partial charge in [-0.2, -0.15) is 5.10 Å². The number of fused-ring (bicyclic) bond motifs is 1. The van der Waals surface area contributed by atoms with Crippen LogP contribution in [0.1, 0.15) is 46.8 Å². The molecule has 0 saturated heterocycles. The molecule has 1 aliphatic carbocycles. The van der Waals surface area contributed by atoms with Crippen molar-refractivity contribution >= 4 is 56.4 Å². The molecule has 6 rings (SSSR count). The molecule has 2 atom stereocenters. The van der Waals surface area contributed by atoms with Crippen LogP contribution in [-0.4, -0.2) is 53.2 Å². The number of amides is 1. The van der Waals surface area contributed by atoms with Crippen LogP contribution in [0.3, 0.4) is 0 Å². The molecule has 0 bridgehead atoms. The number of carbonyl (C=O) groups is 1. The summed E-state index contributed by atoms with van der Waals surface area (Å²) in [7, 11) is 4.05. The second kappa shape index (κ2) is 13.3. The van der Waals surface area contributed by atoms with Gasteiger partial charge in [-0.1, -0.05) is 41.9 Å². The van der Waals surface area contributed by atoms with Gasteiger partial charge < -0.3 is 9.80 Å². The van der Waals surface area contributed by atoms with E-state index >= 15 is 0 Å². The zero-order chi connectivity index (χ0) is 33.3. The van der Waals surface area contributed by atoms with E-state index in [9.17, 15) is 13.2 Å². The van der Waals surface area contributed by atoms with E-state index in [-0.39, 0.29) is 28.3 Å². The summed E-state index contributed by atoms with van der Waals surface area (Å²) >= 11 is 5.97. The maximum absolute atomic E-state index is 14.3. The summed E-state index contributed by atoms with van der Waals surface area (Å²) in [5.74, 6) is -0.351. The summed E-state index contributed by atoms with van der Waals surface area (Å²) in [6.07, 6.45) is 4.91. The highest BCUT2D eigenvalue weighted by atomic mass is 35.5. The summed E-state index contributed by atoms with van der Waals surface area (Å²) in [4.78, 5) is 18.4. The van der Waals surface area contributed by atoms with Crippen molar-refractivity contribution in [3.63, 3.8) is 0 Å². The van der Waals surface area contributed by atoms with Crippen molar-refractivity contribution in [2.75, 3.05) is 42.7 Å². The summed E-state index contributed by atoms with van der Waals surface area (Å²) in [6, 6.07) is 28.8. The molecular weight excluding hydrogens is 630 g/mol. The molecular formula is C37H38ClN5O3S. The van der Waals surface area contributed by atoms with Gasteiger partial charge in [0.25, 0.3) is 15.9 Å². The number of benzene rings is 4. The number of anilines is 3. The number of halogens is 1. The molecule has 0 unspecified atom stereocenters. The fourth-order valence-corrected chi connectivity index (χ4v) is 7.43. The predicted octanol–water partition coefficient (Wildman–Crippen LogP) is 7.71. The molecule has 1 heterocycles. The number of nitrogens with zero attached hydrogens (tertiary/aromatic N) is 4. The molecule has 1 saturated carbocycles. The summed E-state index contributed by atoms with van der Waals surface area (Å²) < 4.78 is 29.2. The minimum absolute atomic E-state index is 0.00342. The minimum atomic E-state index is -3.97. The lowest BCUT2D eigenvalue weighted by Gasteiger charge is -2.30. The Labute approximate surface area is 282 Å². The summed E-state index contributed by atoms with van der Waals surface area (Å²) in [6.45, 7) is 0. The van der Waals surface area contributed by atoms with Gasteiger partial charge in [0, 0.05) is 61.8 Å². The maximum Gasteiger partial charge on any atom is 0.274 e. The van der Waals surface area contributed by atoms with Crippen molar-refractivity contribution in [3.8, 4) is 0 Å². The van der Waals surface area contributed by atoms with Gasteiger partial charge in [0.1, 0.15) is 0 Å². The first-order valence-electron chi connectivity index (χ1n) is 15.6. The Kier molecular flexibility index (Phi) is 9.12. The third kappa shape index (κ3) is 6.92. The van der Waals surface area contributed by atoms with Crippen LogP contribution in [0.4, 0.5) is 17.1 Å². The van der Waals surface area contributed by atoms with Gasteiger partial charge in [0.05, 0.1) is 16.6 Å². The third-order valence-corrected chi connectivity index (χ3v) is 10.3. The SMILES string of the molecule is CN(C)c1ccc(/C=C2\CCC[C@@H]3C2=NN(C(=O)c2cccc(S(=O)(=O)Nc4ccc(Cl)cc4)c2)[C@@H]3c2ccc(N(C)C)cc2)cc1. The van der Waals surface area contributed by atoms with Gasteiger partial charge in [0.15, 0.2) is 0 Å². The van der Waals surface area contributed by atoms with Gasteiger partial charge in [-0.15, -0.1) is 0 Å². The molecule has 1 fully saturated rings. The first-order valence-corrected chi connectivity index (χ1v) is 17.4. The van der Waals surface area contributed by atoms with Crippen LogP contribution in [0.15, 0.2) is 113 Å². The number of hydrazone groups is 1. The Morgan fingerprint density at radius 1 is 0.894 bits per heavy atom. The fraction of sp³-hybridized carbons (Fsp3) is 0.243. The topological polar surface area (TPSA) is 85.3 Å². The maximum atomic E-state index is 14.3. The lowest BCUT2D eigenvalue weighted by Crippen LogP contribution is -2.32. The highest BCUT2D eigenvalue weighted by Gasteiger charge is 2.44. The van der Waals surface area contributed by atoms with Crippen LogP contribution in [0, 0.1) is 5.92 Å². The van der Waals surface area contributed by atoms with Crippen molar-refractivity contribution in [1.29, 1.82) is 0 Å². The molecule has 0 radical (unpaired) electrons. The minimum Gasteiger partial charge on any atom is -0.378 e. The number of allylic oxidation sites excluding steroid dienone is 1. The highest BCUT2D eigenvalue weighted by molar-refractivity contribution is 7.92. The summed E-state index contributed by atoms with van der Waals surface area (Å²) in [5.41, 5.74) is 6.89. The molecule has 1 N–H and O–H groups in total. The van der Waals surface area contributed by atoms with Crippen LogP contribution in [0.5, 0.6) is 0 Å². The highest BCUT2D eigenvalue weighted by Crippen LogP contribution is 2.45. The first kappa shape index (κ1) is 32.3. The Bertz CT molecular complexity index is 1940. The third-order valence-electron chi connectivity index (χ3n) is 8.70. The fourth-order valence-electron chi connectivity index (χ4n) is 6.20. The van der Waals surface area contributed by atoms with Crippen molar-refractivity contribution in [2.45, 2.75) is 30.2 Å². The van der Waals surface area contributed by atoms with E-state index in [4.69, 9.17) is 16.7 Å². The van der Waals surface area contributed by atoms with Gasteiger partial charge in [0.2, 0.25) is 0 Å². The molecule has 47 heavy (non-hydrogen) atoms. The molecule has 242 valence electrons. The van der Waals surface area contributed by atoms with E-state index in [1.165, 1.54) is 12.1 Å². The van der Waals surface area contributed by atoms with Crippen molar-refractivity contribution in [2.24, 2.45) is 11.0 Å². The molecule has 1 amide bonds. The van der Waals surface area contributed by atoms with Gasteiger partial charge in [-0.3, -0.25) is 9.52 Å².